The highest BCUT2D eigenvalue weighted by atomic mass is 16.5. The van der Waals surface area contributed by atoms with E-state index >= 15 is 0 Å². The van der Waals surface area contributed by atoms with Gasteiger partial charge < -0.3 is 15.0 Å². The Morgan fingerprint density at radius 3 is 2.50 bits per heavy atom. The summed E-state index contributed by atoms with van der Waals surface area (Å²) in [6.07, 6.45) is 3.74. The first kappa shape index (κ1) is 18.3. The minimum atomic E-state index is -0.232. The Labute approximate surface area is 170 Å². The number of rotatable bonds is 4. The number of fused-ring (bicyclic) bond motifs is 2. The number of pyridine rings is 2. The van der Waals surface area contributed by atoms with Crippen molar-refractivity contribution in [3.63, 3.8) is 0 Å². The zero-order chi connectivity index (χ0) is 21.0. The van der Waals surface area contributed by atoms with E-state index in [1.165, 1.54) is 0 Å². The van der Waals surface area contributed by atoms with Crippen LogP contribution in [-0.4, -0.2) is 48.1 Å². The molecule has 0 bridgehead atoms. The molecule has 0 radical (unpaired) electrons. The second-order valence-electron chi connectivity index (χ2n) is 7.75. The average Bonchev–Trinajstić information content (AvgIpc) is 3.38. The molecule has 2 unspecified atom stereocenters. The summed E-state index contributed by atoms with van der Waals surface area (Å²) in [6.45, 7) is 2.52. The topological polar surface area (TPSA) is 120 Å². The summed E-state index contributed by atoms with van der Waals surface area (Å²) in [5, 5.41) is 12.9. The molecule has 1 aliphatic rings. The fourth-order valence-electron chi connectivity index (χ4n) is 3.86. The van der Waals surface area contributed by atoms with Gasteiger partial charge in [-0.25, -0.2) is 4.98 Å². The first-order valence-corrected chi connectivity index (χ1v) is 9.72. The number of ether oxygens (including phenoxy) is 1. The number of aromatic nitrogens is 6. The Kier molecular flexibility index (Phi) is 4.09. The summed E-state index contributed by atoms with van der Waals surface area (Å²) in [5.74, 6) is 0.522. The van der Waals surface area contributed by atoms with Crippen molar-refractivity contribution in [2.24, 2.45) is 20.0 Å². The first-order valence-electron chi connectivity index (χ1n) is 9.72. The predicted octanol–water partition coefficient (Wildman–Crippen LogP) is 1.11. The standard InChI is InChI=1S/C20H21N7O3/c1-10(11-4-18(28)21-7-11)30-20-13-9-27(3)25-15(13)6-17(23-20)16-5-14-12(19(29)22-16)8-26(2)24-14/h5-6,8-11H,4,7H2,1-3H3,(H,21,28)(H,22,29). The molecular formula is C20H21N7O3. The van der Waals surface area contributed by atoms with Crippen molar-refractivity contribution in [3.05, 3.63) is 34.9 Å². The quantitative estimate of drug-likeness (QED) is 0.523. The molecule has 2 atom stereocenters. The summed E-state index contributed by atoms with van der Waals surface area (Å²) >= 11 is 0. The third kappa shape index (κ3) is 3.10. The number of hydrogen-bond acceptors (Lipinski definition) is 6. The van der Waals surface area contributed by atoms with Gasteiger partial charge in [-0.3, -0.25) is 19.0 Å². The van der Waals surface area contributed by atoms with E-state index < -0.39 is 0 Å². The van der Waals surface area contributed by atoms with E-state index in [9.17, 15) is 9.59 Å². The van der Waals surface area contributed by atoms with Gasteiger partial charge in [0.2, 0.25) is 11.8 Å². The van der Waals surface area contributed by atoms with Crippen LogP contribution in [0.5, 0.6) is 5.88 Å². The van der Waals surface area contributed by atoms with Gasteiger partial charge in [-0.1, -0.05) is 0 Å². The molecule has 0 spiro atoms. The van der Waals surface area contributed by atoms with Crippen molar-refractivity contribution >= 4 is 27.7 Å². The highest BCUT2D eigenvalue weighted by molar-refractivity contribution is 5.88. The number of aryl methyl sites for hydroxylation is 2. The molecule has 0 aromatic carbocycles. The molecule has 5 rings (SSSR count). The van der Waals surface area contributed by atoms with Crippen LogP contribution >= 0.6 is 0 Å². The van der Waals surface area contributed by atoms with Crippen molar-refractivity contribution < 1.29 is 9.53 Å². The second kappa shape index (κ2) is 6.68. The normalized spacial score (nSPS) is 17.6. The summed E-state index contributed by atoms with van der Waals surface area (Å²) in [4.78, 5) is 31.6. The van der Waals surface area contributed by atoms with Gasteiger partial charge in [-0.15, -0.1) is 0 Å². The highest BCUT2D eigenvalue weighted by Crippen LogP contribution is 2.30. The Bertz CT molecular complexity index is 1350. The zero-order valence-electron chi connectivity index (χ0n) is 16.8. The molecule has 5 heterocycles. The fraction of sp³-hybridized carbons (Fsp3) is 0.350. The van der Waals surface area contributed by atoms with E-state index in [1.807, 2.05) is 26.2 Å². The molecule has 30 heavy (non-hydrogen) atoms. The number of carbonyl (C=O) groups excluding carboxylic acids is 1. The number of aromatic amines is 1. The van der Waals surface area contributed by atoms with Crippen LogP contribution in [0.25, 0.3) is 33.2 Å². The van der Waals surface area contributed by atoms with Crippen LogP contribution in [0, 0.1) is 5.92 Å². The van der Waals surface area contributed by atoms with E-state index in [4.69, 9.17) is 4.74 Å². The monoisotopic (exact) mass is 407 g/mol. The Morgan fingerprint density at radius 1 is 1.10 bits per heavy atom. The van der Waals surface area contributed by atoms with Crippen molar-refractivity contribution in [2.75, 3.05) is 6.54 Å². The lowest BCUT2D eigenvalue weighted by atomic mass is 10.0. The summed E-state index contributed by atoms with van der Waals surface area (Å²) in [5.41, 5.74) is 2.13. The van der Waals surface area contributed by atoms with Crippen LogP contribution in [-0.2, 0) is 18.9 Å². The molecular weight excluding hydrogens is 386 g/mol. The van der Waals surface area contributed by atoms with Crippen LogP contribution < -0.4 is 15.6 Å². The lowest BCUT2D eigenvalue weighted by Gasteiger charge is -2.19. The lowest BCUT2D eigenvalue weighted by molar-refractivity contribution is -0.119. The maximum atomic E-state index is 12.5. The lowest BCUT2D eigenvalue weighted by Crippen LogP contribution is -2.26. The number of H-pyrrole nitrogens is 1. The Morgan fingerprint density at radius 2 is 1.80 bits per heavy atom. The van der Waals surface area contributed by atoms with Crippen LogP contribution in [0.2, 0.25) is 0 Å². The van der Waals surface area contributed by atoms with Gasteiger partial charge in [-0.05, 0) is 19.1 Å². The SMILES string of the molecule is CC(Oc1nc(-c2cc3nn(C)cc3c(=O)[nH]2)cc2nn(C)cc12)C1CNC(=O)C1. The molecule has 10 nitrogen and oxygen atoms in total. The van der Waals surface area contributed by atoms with Crippen molar-refractivity contribution in [1.82, 2.24) is 34.8 Å². The van der Waals surface area contributed by atoms with Gasteiger partial charge in [-0.2, -0.15) is 10.2 Å². The van der Waals surface area contributed by atoms with E-state index in [1.54, 1.807) is 28.7 Å². The number of nitrogens with zero attached hydrogens (tertiary/aromatic N) is 5. The first-order chi connectivity index (χ1) is 14.4. The third-order valence-corrected chi connectivity index (χ3v) is 5.46. The Hall–Kier alpha value is -3.69. The summed E-state index contributed by atoms with van der Waals surface area (Å²) in [6, 6.07) is 3.61. The van der Waals surface area contributed by atoms with Gasteiger partial charge in [0.1, 0.15) is 6.10 Å². The number of nitrogens with one attached hydrogen (secondary N) is 2. The minimum Gasteiger partial charge on any atom is -0.474 e. The molecule has 1 saturated heterocycles. The van der Waals surface area contributed by atoms with Gasteiger partial charge in [0.15, 0.2) is 0 Å². The van der Waals surface area contributed by atoms with Gasteiger partial charge in [0, 0.05) is 45.4 Å². The molecule has 0 aliphatic carbocycles. The van der Waals surface area contributed by atoms with Crippen LogP contribution in [0.3, 0.4) is 0 Å². The Balaban J connectivity index is 1.60. The predicted molar refractivity (Wildman–Crippen MR) is 110 cm³/mol. The fourth-order valence-corrected chi connectivity index (χ4v) is 3.86. The number of amides is 1. The van der Waals surface area contributed by atoms with Crippen LogP contribution in [0.15, 0.2) is 29.3 Å². The van der Waals surface area contributed by atoms with Gasteiger partial charge in [0.05, 0.1) is 33.2 Å². The van der Waals surface area contributed by atoms with Crippen LogP contribution in [0.4, 0.5) is 0 Å². The third-order valence-electron chi connectivity index (χ3n) is 5.46. The second-order valence-corrected chi connectivity index (χ2v) is 7.75. The molecule has 1 fully saturated rings. The minimum absolute atomic E-state index is 0.0323. The van der Waals surface area contributed by atoms with E-state index in [-0.39, 0.29) is 23.5 Å². The number of carbonyl (C=O) groups is 1. The molecule has 0 saturated carbocycles. The van der Waals surface area contributed by atoms with Gasteiger partial charge >= 0.3 is 0 Å². The summed E-state index contributed by atoms with van der Waals surface area (Å²) in [7, 11) is 3.60. The maximum absolute atomic E-state index is 12.5. The molecule has 10 heteroatoms. The molecule has 4 aromatic rings. The largest absolute Gasteiger partial charge is 0.474 e. The smallest absolute Gasteiger partial charge is 0.259 e. The van der Waals surface area contributed by atoms with Crippen molar-refractivity contribution in [2.45, 2.75) is 19.4 Å². The van der Waals surface area contributed by atoms with E-state index in [0.29, 0.717) is 46.7 Å². The van der Waals surface area contributed by atoms with E-state index in [0.717, 1.165) is 5.39 Å². The average molecular weight is 407 g/mol. The molecule has 154 valence electrons. The maximum Gasteiger partial charge on any atom is 0.259 e. The summed E-state index contributed by atoms with van der Waals surface area (Å²) < 4.78 is 9.49. The van der Waals surface area contributed by atoms with E-state index in [2.05, 4.69) is 25.5 Å². The zero-order valence-corrected chi connectivity index (χ0v) is 16.8. The van der Waals surface area contributed by atoms with Crippen molar-refractivity contribution in [1.29, 1.82) is 0 Å². The highest BCUT2D eigenvalue weighted by Gasteiger charge is 2.29. The molecule has 4 aromatic heterocycles. The number of hydrogen-bond donors (Lipinski definition) is 2. The molecule has 1 aliphatic heterocycles. The van der Waals surface area contributed by atoms with Crippen LogP contribution in [0.1, 0.15) is 13.3 Å². The molecule has 2 N–H and O–H groups in total. The molecule has 1 amide bonds. The van der Waals surface area contributed by atoms with Crippen molar-refractivity contribution in [3.8, 4) is 17.3 Å². The van der Waals surface area contributed by atoms with Gasteiger partial charge in [0.25, 0.3) is 5.56 Å².